The number of para-hydroxylation sites is 1. The third kappa shape index (κ3) is 1.14. The van der Waals surface area contributed by atoms with Crippen LogP contribution < -0.4 is 10.1 Å². The molecule has 3 rings (SSSR count). The quantitative estimate of drug-likeness (QED) is 0.709. The number of rotatable bonds is 0. The molecular formula is C11H12ClNO. The molecule has 3 heteroatoms. The van der Waals surface area contributed by atoms with Gasteiger partial charge in [0.15, 0.2) is 0 Å². The second-order valence-corrected chi connectivity index (χ2v) is 4.36. The van der Waals surface area contributed by atoms with Gasteiger partial charge in [-0.15, -0.1) is 0 Å². The first-order chi connectivity index (χ1) is 6.86. The van der Waals surface area contributed by atoms with E-state index in [1.807, 2.05) is 12.1 Å². The highest BCUT2D eigenvalue weighted by atomic mass is 35.5. The molecule has 0 spiro atoms. The number of hydrogen-bond acceptors (Lipinski definition) is 2. The summed E-state index contributed by atoms with van der Waals surface area (Å²) in [6, 6.07) is 6.44. The molecule has 2 heterocycles. The summed E-state index contributed by atoms with van der Waals surface area (Å²) in [5.41, 5.74) is 1.23. The third-order valence-electron chi connectivity index (χ3n) is 3.13. The van der Waals surface area contributed by atoms with Crippen LogP contribution in [0.1, 0.15) is 18.0 Å². The van der Waals surface area contributed by atoms with Gasteiger partial charge in [-0.1, -0.05) is 23.7 Å². The summed E-state index contributed by atoms with van der Waals surface area (Å²) in [4.78, 5) is 0. The molecule has 0 aliphatic carbocycles. The van der Waals surface area contributed by atoms with Crippen LogP contribution in [0.4, 0.5) is 0 Å². The van der Waals surface area contributed by atoms with Gasteiger partial charge in [0, 0.05) is 17.5 Å². The van der Waals surface area contributed by atoms with Crippen molar-refractivity contribution >= 4 is 11.6 Å². The monoisotopic (exact) mass is 209 g/mol. The lowest BCUT2D eigenvalue weighted by molar-refractivity contribution is 0.205. The van der Waals surface area contributed by atoms with Crippen LogP contribution in [-0.4, -0.2) is 13.2 Å². The molecule has 74 valence electrons. The average molecular weight is 210 g/mol. The summed E-state index contributed by atoms with van der Waals surface area (Å²) in [6.45, 7) is 1.89. The van der Waals surface area contributed by atoms with Crippen molar-refractivity contribution in [3.63, 3.8) is 0 Å². The molecule has 2 aliphatic rings. The number of hydrogen-bond donors (Lipinski definition) is 1. The summed E-state index contributed by atoms with van der Waals surface area (Å²) in [7, 11) is 0. The van der Waals surface area contributed by atoms with Crippen LogP contribution in [0.15, 0.2) is 18.2 Å². The fraction of sp³-hybridized carbons (Fsp3) is 0.455. The Morgan fingerprint density at radius 1 is 1.43 bits per heavy atom. The smallest absolute Gasteiger partial charge is 0.142 e. The van der Waals surface area contributed by atoms with Crippen molar-refractivity contribution in [2.75, 3.05) is 13.2 Å². The summed E-state index contributed by atoms with van der Waals surface area (Å²) < 4.78 is 5.70. The van der Waals surface area contributed by atoms with Crippen molar-refractivity contribution in [3.8, 4) is 5.75 Å². The van der Waals surface area contributed by atoms with Crippen molar-refractivity contribution < 1.29 is 4.74 Å². The average Bonchev–Trinajstić information content (AvgIpc) is 2.66. The third-order valence-corrected chi connectivity index (χ3v) is 3.42. The first-order valence-corrected chi connectivity index (χ1v) is 5.38. The van der Waals surface area contributed by atoms with Crippen LogP contribution in [0.5, 0.6) is 5.75 Å². The Labute approximate surface area is 88.2 Å². The van der Waals surface area contributed by atoms with Crippen LogP contribution in [0.25, 0.3) is 0 Å². The van der Waals surface area contributed by atoms with Gasteiger partial charge in [0.25, 0.3) is 0 Å². The maximum atomic E-state index is 6.08. The van der Waals surface area contributed by atoms with Gasteiger partial charge in [-0.2, -0.15) is 0 Å². The van der Waals surface area contributed by atoms with Crippen molar-refractivity contribution in [3.05, 3.63) is 28.8 Å². The minimum Gasteiger partial charge on any atom is -0.491 e. The molecule has 2 nitrogen and oxygen atoms in total. The molecule has 1 aromatic carbocycles. The van der Waals surface area contributed by atoms with Gasteiger partial charge in [0.05, 0.1) is 11.6 Å². The van der Waals surface area contributed by atoms with E-state index in [2.05, 4.69) is 11.4 Å². The summed E-state index contributed by atoms with van der Waals surface area (Å²) >= 11 is 6.08. The molecule has 1 N–H and O–H groups in total. The number of halogens is 1. The predicted octanol–water partition coefficient (Wildman–Crippen LogP) is 2.38. The lowest BCUT2D eigenvalue weighted by atomic mass is 9.92. The van der Waals surface area contributed by atoms with E-state index in [1.165, 1.54) is 12.0 Å². The Morgan fingerprint density at radius 2 is 2.36 bits per heavy atom. The lowest BCUT2D eigenvalue weighted by Crippen LogP contribution is -2.27. The Balaban J connectivity index is 2.09. The normalized spacial score (nSPS) is 29.2. The molecule has 14 heavy (non-hydrogen) atoms. The van der Waals surface area contributed by atoms with E-state index in [4.69, 9.17) is 16.3 Å². The summed E-state index contributed by atoms with van der Waals surface area (Å²) in [6.07, 6.45) is 1.20. The Bertz CT molecular complexity index is 366. The molecule has 1 fully saturated rings. The van der Waals surface area contributed by atoms with Gasteiger partial charge in [0.2, 0.25) is 0 Å². The van der Waals surface area contributed by atoms with Gasteiger partial charge in [-0.3, -0.25) is 0 Å². The Kier molecular flexibility index (Phi) is 1.92. The molecule has 2 atom stereocenters. The number of ether oxygens (including phenoxy) is 1. The van der Waals surface area contributed by atoms with Crippen LogP contribution >= 0.6 is 11.6 Å². The summed E-state index contributed by atoms with van der Waals surface area (Å²) in [5.74, 6) is 1.51. The SMILES string of the molecule is Clc1cccc2c1OCC1CCNC21. The predicted molar refractivity (Wildman–Crippen MR) is 55.8 cm³/mol. The van der Waals surface area contributed by atoms with E-state index in [0.717, 1.165) is 23.9 Å². The molecule has 2 unspecified atom stereocenters. The van der Waals surface area contributed by atoms with Gasteiger partial charge >= 0.3 is 0 Å². The van der Waals surface area contributed by atoms with Gasteiger partial charge in [-0.05, 0) is 19.0 Å². The zero-order chi connectivity index (χ0) is 9.54. The van der Waals surface area contributed by atoms with E-state index in [-0.39, 0.29) is 0 Å². The van der Waals surface area contributed by atoms with E-state index in [1.54, 1.807) is 0 Å². The molecule has 2 aliphatic heterocycles. The van der Waals surface area contributed by atoms with Gasteiger partial charge < -0.3 is 10.1 Å². The minimum absolute atomic E-state index is 0.456. The maximum Gasteiger partial charge on any atom is 0.142 e. The Morgan fingerprint density at radius 3 is 3.29 bits per heavy atom. The zero-order valence-corrected chi connectivity index (χ0v) is 8.55. The van der Waals surface area contributed by atoms with E-state index in [9.17, 15) is 0 Å². The first-order valence-electron chi connectivity index (χ1n) is 5.01. The molecule has 1 saturated heterocycles. The van der Waals surface area contributed by atoms with Crippen molar-refractivity contribution in [2.45, 2.75) is 12.5 Å². The van der Waals surface area contributed by atoms with E-state index < -0.39 is 0 Å². The first kappa shape index (κ1) is 8.57. The minimum atomic E-state index is 0.456. The van der Waals surface area contributed by atoms with Crippen molar-refractivity contribution in [1.82, 2.24) is 5.32 Å². The van der Waals surface area contributed by atoms with Gasteiger partial charge in [0.1, 0.15) is 5.75 Å². The van der Waals surface area contributed by atoms with Gasteiger partial charge in [-0.25, -0.2) is 0 Å². The fourth-order valence-electron chi connectivity index (χ4n) is 2.41. The Hall–Kier alpha value is -0.730. The number of nitrogens with one attached hydrogen (secondary N) is 1. The zero-order valence-electron chi connectivity index (χ0n) is 7.79. The van der Waals surface area contributed by atoms with E-state index >= 15 is 0 Å². The summed E-state index contributed by atoms with van der Waals surface area (Å²) in [5, 5.41) is 4.23. The number of benzene rings is 1. The highest BCUT2D eigenvalue weighted by molar-refractivity contribution is 6.32. The molecule has 1 aromatic rings. The second-order valence-electron chi connectivity index (χ2n) is 3.95. The topological polar surface area (TPSA) is 21.3 Å². The molecule has 0 bridgehead atoms. The molecule has 0 aromatic heterocycles. The van der Waals surface area contributed by atoms with Crippen molar-refractivity contribution in [1.29, 1.82) is 0 Å². The highest BCUT2D eigenvalue weighted by Gasteiger charge is 2.34. The molecule has 0 amide bonds. The lowest BCUT2D eigenvalue weighted by Gasteiger charge is -2.28. The second kappa shape index (κ2) is 3.14. The van der Waals surface area contributed by atoms with Crippen molar-refractivity contribution in [2.24, 2.45) is 5.92 Å². The number of fused-ring (bicyclic) bond motifs is 3. The van der Waals surface area contributed by atoms with Crippen LogP contribution in [0.3, 0.4) is 0 Å². The molecule has 0 radical (unpaired) electrons. The highest BCUT2D eigenvalue weighted by Crippen LogP contribution is 2.42. The maximum absolute atomic E-state index is 6.08. The van der Waals surface area contributed by atoms with Crippen LogP contribution in [0, 0.1) is 5.92 Å². The molecular weight excluding hydrogens is 198 g/mol. The molecule has 0 saturated carbocycles. The largest absolute Gasteiger partial charge is 0.491 e. The van der Waals surface area contributed by atoms with Crippen LogP contribution in [0.2, 0.25) is 5.02 Å². The fourth-order valence-corrected chi connectivity index (χ4v) is 2.65. The van der Waals surface area contributed by atoms with E-state index in [0.29, 0.717) is 12.0 Å². The standard InChI is InChI=1S/C11H12ClNO/c12-9-3-1-2-8-10-7(4-5-13-10)6-14-11(8)9/h1-3,7,10,13H,4-6H2. The van der Waals surface area contributed by atoms with Crippen LogP contribution in [-0.2, 0) is 0 Å².